The number of pyridine rings is 1. The highest BCUT2D eigenvalue weighted by molar-refractivity contribution is 9.10. The lowest BCUT2D eigenvalue weighted by Gasteiger charge is -2.26. The topological polar surface area (TPSA) is 16.1 Å². The van der Waals surface area contributed by atoms with Gasteiger partial charge in [0.1, 0.15) is 4.60 Å². The van der Waals surface area contributed by atoms with Crippen LogP contribution in [0.1, 0.15) is 24.8 Å². The van der Waals surface area contributed by atoms with Gasteiger partial charge in [-0.05, 0) is 59.6 Å². The van der Waals surface area contributed by atoms with Crippen LogP contribution >= 0.6 is 15.9 Å². The Balaban J connectivity index is 1.94. The number of nitrogens with zero attached hydrogens (tertiary/aromatic N) is 2. The van der Waals surface area contributed by atoms with Crippen LogP contribution in [0, 0.1) is 0 Å². The lowest BCUT2D eigenvalue weighted by Crippen LogP contribution is -2.29. The summed E-state index contributed by atoms with van der Waals surface area (Å²) >= 11 is 3.52. The van der Waals surface area contributed by atoms with Crippen LogP contribution in [-0.4, -0.2) is 23.0 Å². The van der Waals surface area contributed by atoms with E-state index in [1.54, 1.807) is 0 Å². The van der Waals surface area contributed by atoms with Crippen LogP contribution in [-0.2, 0) is 6.54 Å². The summed E-state index contributed by atoms with van der Waals surface area (Å²) in [6.07, 6.45) is 4.06. The van der Waals surface area contributed by atoms with E-state index in [1.165, 1.54) is 43.3 Å². The SMILES string of the molecule is Brc1cc(CN2CCCCC2)c2ccccc2n1. The van der Waals surface area contributed by atoms with Gasteiger partial charge in [0.25, 0.3) is 0 Å². The quantitative estimate of drug-likeness (QED) is 0.780. The van der Waals surface area contributed by atoms with Crippen LogP contribution in [0.2, 0.25) is 0 Å². The van der Waals surface area contributed by atoms with Crippen molar-refractivity contribution in [2.45, 2.75) is 25.8 Å². The fraction of sp³-hybridized carbons (Fsp3) is 0.400. The molecule has 1 aliphatic rings. The highest BCUT2D eigenvalue weighted by Crippen LogP contribution is 2.23. The van der Waals surface area contributed by atoms with Crippen LogP contribution in [0.5, 0.6) is 0 Å². The van der Waals surface area contributed by atoms with E-state index < -0.39 is 0 Å². The third-order valence-electron chi connectivity index (χ3n) is 3.61. The lowest BCUT2D eigenvalue weighted by molar-refractivity contribution is 0.221. The first-order valence-corrected chi connectivity index (χ1v) is 7.39. The van der Waals surface area contributed by atoms with Gasteiger partial charge in [0.05, 0.1) is 5.52 Å². The number of likely N-dealkylation sites (tertiary alicyclic amines) is 1. The van der Waals surface area contributed by atoms with Gasteiger partial charge in [0.2, 0.25) is 0 Å². The third-order valence-corrected chi connectivity index (χ3v) is 4.02. The van der Waals surface area contributed by atoms with Crippen molar-refractivity contribution in [2.24, 2.45) is 0 Å². The molecule has 1 aliphatic heterocycles. The predicted octanol–water partition coefficient (Wildman–Crippen LogP) is 3.98. The third kappa shape index (κ3) is 2.57. The predicted molar refractivity (Wildman–Crippen MR) is 78.6 cm³/mol. The first-order valence-electron chi connectivity index (χ1n) is 6.59. The zero-order valence-electron chi connectivity index (χ0n) is 10.4. The summed E-state index contributed by atoms with van der Waals surface area (Å²) in [5.41, 5.74) is 2.47. The molecular formula is C15H17BrN2. The van der Waals surface area contributed by atoms with E-state index in [-0.39, 0.29) is 0 Å². The molecule has 18 heavy (non-hydrogen) atoms. The van der Waals surface area contributed by atoms with E-state index in [1.807, 2.05) is 6.07 Å². The second kappa shape index (κ2) is 5.37. The number of piperidine rings is 1. The fourth-order valence-electron chi connectivity index (χ4n) is 2.70. The van der Waals surface area contributed by atoms with Crippen molar-refractivity contribution in [2.75, 3.05) is 13.1 Å². The van der Waals surface area contributed by atoms with E-state index in [0.717, 1.165) is 16.7 Å². The van der Waals surface area contributed by atoms with Gasteiger partial charge in [0.15, 0.2) is 0 Å². The van der Waals surface area contributed by atoms with Crippen LogP contribution in [0.3, 0.4) is 0 Å². The number of hydrogen-bond donors (Lipinski definition) is 0. The number of hydrogen-bond acceptors (Lipinski definition) is 2. The molecule has 2 nitrogen and oxygen atoms in total. The second-order valence-corrected chi connectivity index (χ2v) is 5.77. The highest BCUT2D eigenvalue weighted by Gasteiger charge is 2.12. The maximum absolute atomic E-state index is 4.53. The minimum atomic E-state index is 0.938. The standard InChI is InChI=1S/C15H17BrN2/c16-15-10-12(11-18-8-4-1-5-9-18)13-6-2-3-7-14(13)17-15/h2-3,6-7,10H,1,4-5,8-9,11H2. The zero-order chi connectivity index (χ0) is 12.4. The number of para-hydroxylation sites is 1. The van der Waals surface area contributed by atoms with Gasteiger partial charge < -0.3 is 0 Å². The Morgan fingerprint density at radius 2 is 1.89 bits per heavy atom. The molecule has 0 aliphatic carbocycles. The summed E-state index contributed by atoms with van der Waals surface area (Å²) in [6, 6.07) is 10.6. The minimum absolute atomic E-state index is 0.938. The number of fused-ring (bicyclic) bond motifs is 1. The van der Waals surface area contributed by atoms with Gasteiger partial charge in [-0.25, -0.2) is 4.98 Å². The van der Waals surface area contributed by atoms with Gasteiger partial charge in [-0.2, -0.15) is 0 Å². The highest BCUT2D eigenvalue weighted by atomic mass is 79.9. The fourth-order valence-corrected chi connectivity index (χ4v) is 3.17. The Morgan fingerprint density at radius 3 is 2.72 bits per heavy atom. The normalized spacial score (nSPS) is 17.2. The maximum Gasteiger partial charge on any atom is 0.107 e. The molecule has 0 bridgehead atoms. The Bertz CT molecular complexity index is 547. The van der Waals surface area contributed by atoms with Gasteiger partial charge in [-0.3, -0.25) is 4.90 Å². The maximum atomic E-state index is 4.53. The lowest BCUT2D eigenvalue weighted by atomic mass is 10.1. The number of aromatic nitrogens is 1. The first kappa shape index (κ1) is 12.1. The zero-order valence-corrected chi connectivity index (χ0v) is 12.0. The number of benzene rings is 1. The van der Waals surface area contributed by atoms with E-state index >= 15 is 0 Å². The molecular weight excluding hydrogens is 288 g/mol. The summed E-state index contributed by atoms with van der Waals surface area (Å²) in [5, 5.41) is 1.28. The van der Waals surface area contributed by atoms with Crippen molar-refractivity contribution in [3.05, 3.63) is 40.5 Å². The molecule has 0 saturated carbocycles. The smallest absolute Gasteiger partial charge is 0.107 e. The van der Waals surface area contributed by atoms with E-state index in [2.05, 4.69) is 50.1 Å². The molecule has 1 fully saturated rings. The molecule has 0 radical (unpaired) electrons. The Kier molecular flexibility index (Phi) is 3.62. The van der Waals surface area contributed by atoms with Crippen LogP contribution < -0.4 is 0 Å². The van der Waals surface area contributed by atoms with E-state index in [9.17, 15) is 0 Å². The largest absolute Gasteiger partial charge is 0.299 e. The van der Waals surface area contributed by atoms with Gasteiger partial charge >= 0.3 is 0 Å². The molecule has 3 heteroatoms. The average Bonchev–Trinajstić information content (AvgIpc) is 2.40. The van der Waals surface area contributed by atoms with Crippen molar-refractivity contribution < 1.29 is 0 Å². The minimum Gasteiger partial charge on any atom is -0.299 e. The molecule has 1 aromatic carbocycles. The second-order valence-electron chi connectivity index (χ2n) is 4.96. The van der Waals surface area contributed by atoms with Crippen LogP contribution in [0.25, 0.3) is 10.9 Å². The van der Waals surface area contributed by atoms with Gasteiger partial charge in [0, 0.05) is 11.9 Å². The average molecular weight is 305 g/mol. The molecule has 0 spiro atoms. The van der Waals surface area contributed by atoms with Crippen molar-refractivity contribution in [1.29, 1.82) is 0 Å². The monoisotopic (exact) mass is 304 g/mol. The van der Waals surface area contributed by atoms with Crippen molar-refractivity contribution in [1.82, 2.24) is 9.88 Å². The van der Waals surface area contributed by atoms with Crippen molar-refractivity contribution in [3.63, 3.8) is 0 Å². The molecule has 0 unspecified atom stereocenters. The molecule has 0 atom stereocenters. The first-order chi connectivity index (χ1) is 8.83. The van der Waals surface area contributed by atoms with E-state index in [0.29, 0.717) is 0 Å². The summed E-state index contributed by atoms with van der Waals surface area (Å²) < 4.78 is 0.938. The molecule has 1 saturated heterocycles. The molecule has 3 rings (SSSR count). The Hall–Kier alpha value is -0.930. The van der Waals surface area contributed by atoms with Crippen LogP contribution in [0.4, 0.5) is 0 Å². The van der Waals surface area contributed by atoms with Gasteiger partial charge in [-0.1, -0.05) is 24.6 Å². The van der Waals surface area contributed by atoms with Crippen molar-refractivity contribution >= 4 is 26.8 Å². The summed E-state index contributed by atoms with van der Waals surface area (Å²) in [6.45, 7) is 3.50. The number of halogens is 1. The van der Waals surface area contributed by atoms with Crippen molar-refractivity contribution in [3.8, 4) is 0 Å². The summed E-state index contributed by atoms with van der Waals surface area (Å²) in [5.74, 6) is 0. The summed E-state index contributed by atoms with van der Waals surface area (Å²) in [4.78, 5) is 7.08. The molecule has 94 valence electrons. The number of rotatable bonds is 2. The molecule has 1 aromatic heterocycles. The van der Waals surface area contributed by atoms with Crippen LogP contribution in [0.15, 0.2) is 34.9 Å². The molecule has 0 N–H and O–H groups in total. The van der Waals surface area contributed by atoms with Gasteiger partial charge in [-0.15, -0.1) is 0 Å². The summed E-state index contributed by atoms with van der Waals surface area (Å²) in [7, 11) is 0. The Labute approximate surface area is 116 Å². The molecule has 2 heterocycles. The molecule has 2 aromatic rings. The molecule has 0 amide bonds. The Morgan fingerprint density at radius 1 is 1.11 bits per heavy atom. The van der Waals surface area contributed by atoms with E-state index in [4.69, 9.17) is 0 Å².